The van der Waals surface area contributed by atoms with Gasteiger partial charge in [0, 0.05) is 25.3 Å². The summed E-state index contributed by atoms with van der Waals surface area (Å²) in [6.45, 7) is 0. The Morgan fingerprint density at radius 2 is 1.19 bits per heavy atom. The number of amides is 2. The molecule has 6 nitrogen and oxygen atoms in total. The molecular formula is C20H30N4O2. The molecule has 142 valence electrons. The molecule has 4 rings (SSSR count). The van der Waals surface area contributed by atoms with Gasteiger partial charge in [-0.05, 0) is 74.0 Å². The molecule has 2 N–H and O–H groups in total. The first-order chi connectivity index (χ1) is 12.7. The van der Waals surface area contributed by atoms with Gasteiger partial charge in [-0.3, -0.25) is 9.59 Å². The fourth-order valence-electron chi connectivity index (χ4n) is 5.70. The van der Waals surface area contributed by atoms with Gasteiger partial charge >= 0.3 is 0 Å². The Kier molecular flexibility index (Phi) is 5.36. The van der Waals surface area contributed by atoms with Gasteiger partial charge < -0.3 is 0 Å². The van der Waals surface area contributed by atoms with Gasteiger partial charge in [-0.1, -0.05) is 12.8 Å². The lowest BCUT2D eigenvalue weighted by Gasteiger charge is -2.16. The van der Waals surface area contributed by atoms with Crippen LogP contribution in [0.15, 0.2) is 10.2 Å². The van der Waals surface area contributed by atoms with E-state index in [0.29, 0.717) is 11.8 Å². The largest absolute Gasteiger partial charge is 0.273 e. The Labute approximate surface area is 155 Å². The second kappa shape index (κ2) is 7.89. The Balaban J connectivity index is 1.09. The van der Waals surface area contributed by atoms with E-state index in [2.05, 4.69) is 21.1 Å². The van der Waals surface area contributed by atoms with Crippen molar-refractivity contribution < 1.29 is 9.59 Å². The van der Waals surface area contributed by atoms with Crippen molar-refractivity contribution >= 4 is 24.2 Å². The third-order valence-electron chi connectivity index (χ3n) is 7.08. The van der Waals surface area contributed by atoms with E-state index in [1.54, 1.807) is 0 Å². The number of fused-ring (bicyclic) bond motifs is 4. The number of hydrazone groups is 2. The molecule has 26 heavy (non-hydrogen) atoms. The number of nitrogens with zero attached hydrogens (tertiary/aromatic N) is 2. The van der Waals surface area contributed by atoms with Crippen LogP contribution in [0.2, 0.25) is 0 Å². The highest BCUT2D eigenvalue weighted by Gasteiger charge is 2.39. The molecule has 4 fully saturated rings. The SMILES string of the molecule is O=C(CCC(=O)N/N=C\[C@H]1C[C@H]2CC[C@H]1C2)N/N=C\[C@@H]1C[C@@H]2CC[C@H]1C2. The maximum absolute atomic E-state index is 11.8. The van der Waals surface area contributed by atoms with Crippen LogP contribution in [0.4, 0.5) is 0 Å². The predicted molar refractivity (Wildman–Crippen MR) is 100 cm³/mol. The van der Waals surface area contributed by atoms with Gasteiger partial charge in [-0.15, -0.1) is 0 Å². The van der Waals surface area contributed by atoms with Crippen LogP contribution in [0.1, 0.15) is 64.2 Å². The summed E-state index contributed by atoms with van der Waals surface area (Å²) < 4.78 is 0. The van der Waals surface area contributed by atoms with Gasteiger partial charge in [-0.2, -0.15) is 10.2 Å². The average molecular weight is 358 g/mol. The number of hydrogen-bond donors (Lipinski definition) is 2. The molecule has 2 amide bonds. The quantitative estimate of drug-likeness (QED) is 0.542. The second-order valence-corrected chi connectivity index (χ2v) is 8.80. The van der Waals surface area contributed by atoms with Gasteiger partial charge in [0.1, 0.15) is 0 Å². The monoisotopic (exact) mass is 358 g/mol. The predicted octanol–water partition coefficient (Wildman–Crippen LogP) is 2.84. The zero-order chi connectivity index (χ0) is 17.9. The second-order valence-electron chi connectivity index (χ2n) is 8.80. The van der Waals surface area contributed by atoms with Gasteiger partial charge in [0.05, 0.1) is 0 Å². The van der Waals surface area contributed by atoms with Gasteiger partial charge in [0.2, 0.25) is 11.8 Å². The summed E-state index contributed by atoms with van der Waals surface area (Å²) in [4.78, 5) is 23.6. The van der Waals surface area contributed by atoms with Crippen LogP contribution in [0, 0.1) is 35.5 Å². The normalized spacial score (nSPS) is 37.8. The molecule has 0 radical (unpaired) electrons. The van der Waals surface area contributed by atoms with E-state index in [9.17, 15) is 9.59 Å². The first kappa shape index (κ1) is 17.7. The molecule has 0 heterocycles. The summed E-state index contributed by atoms with van der Waals surface area (Å²) in [6, 6.07) is 0. The fourth-order valence-corrected chi connectivity index (χ4v) is 5.70. The van der Waals surface area contributed by atoms with E-state index in [0.717, 1.165) is 23.7 Å². The Hall–Kier alpha value is -1.72. The van der Waals surface area contributed by atoms with Crippen molar-refractivity contribution in [3.8, 4) is 0 Å². The molecule has 0 aliphatic heterocycles. The maximum Gasteiger partial charge on any atom is 0.240 e. The van der Waals surface area contributed by atoms with Crippen molar-refractivity contribution in [1.29, 1.82) is 0 Å². The number of carbonyl (C=O) groups is 2. The summed E-state index contributed by atoms with van der Waals surface area (Å²) in [5.74, 6) is 3.90. The van der Waals surface area contributed by atoms with Crippen molar-refractivity contribution in [3.05, 3.63) is 0 Å². The third-order valence-corrected chi connectivity index (χ3v) is 7.08. The highest BCUT2D eigenvalue weighted by Crippen LogP contribution is 2.48. The zero-order valence-corrected chi connectivity index (χ0v) is 15.4. The Morgan fingerprint density at radius 3 is 1.54 bits per heavy atom. The van der Waals surface area contributed by atoms with Gasteiger partial charge in [0.25, 0.3) is 0 Å². The standard InChI is InChI=1S/C20H30N4O2/c25-19(23-21-11-17-9-13-1-3-15(17)7-13)5-6-20(26)24-22-12-18-10-14-2-4-16(18)8-14/h11-18H,1-10H2,(H,23,25)(H,24,26)/b21-11-,22-12-/t13-,14+,15-,16-,17+,18-/m0/s1. The van der Waals surface area contributed by atoms with Crippen LogP contribution in [0.5, 0.6) is 0 Å². The highest BCUT2D eigenvalue weighted by molar-refractivity contribution is 5.84. The molecule has 4 saturated carbocycles. The van der Waals surface area contributed by atoms with Gasteiger partial charge in [0.15, 0.2) is 0 Å². The topological polar surface area (TPSA) is 82.9 Å². The minimum absolute atomic E-state index is 0.142. The highest BCUT2D eigenvalue weighted by atomic mass is 16.2. The van der Waals surface area contributed by atoms with Crippen molar-refractivity contribution in [1.82, 2.24) is 10.9 Å². The lowest BCUT2D eigenvalue weighted by Crippen LogP contribution is -2.24. The van der Waals surface area contributed by atoms with Crippen LogP contribution in [0.3, 0.4) is 0 Å². The van der Waals surface area contributed by atoms with E-state index in [4.69, 9.17) is 0 Å². The van der Waals surface area contributed by atoms with Crippen LogP contribution in [-0.2, 0) is 9.59 Å². The molecule has 0 aromatic heterocycles. The van der Waals surface area contributed by atoms with E-state index in [1.165, 1.54) is 51.4 Å². The molecule has 0 spiro atoms. The summed E-state index contributed by atoms with van der Waals surface area (Å²) in [5.41, 5.74) is 5.11. The minimum Gasteiger partial charge on any atom is -0.273 e. The summed E-state index contributed by atoms with van der Waals surface area (Å²) in [7, 11) is 0. The number of carbonyl (C=O) groups excluding carboxylic acids is 2. The van der Waals surface area contributed by atoms with E-state index in [1.807, 2.05) is 12.4 Å². The maximum atomic E-state index is 11.8. The molecule has 0 aromatic rings. The van der Waals surface area contributed by atoms with E-state index >= 15 is 0 Å². The van der Waals surface area contributed by atoms with Crippen molar-refractivity contribution in [2.75, 3.05) is 0 Å². The molecule has 0 aromatic carbocycles. The Bertz CT molecular complexity index is 551. The van der Waals surface area contributed by atoms with Crippen LogP contribution >= 0.6 is 0 Å². The fraction of sp³-hybridized carbons (Fsp3) is 0.800. The molecule has 0 saturated heterocycles. The molecule has 0 unspecified atom stereocenters. The van der Waals surface area contributed by atoms with Crippen LogP contribution < -0.4 is 10.9 Å². The number of rotatable bonds is 7. The Morgan fingerprint density at radius 1 is 0.731 bits per heavy atom. The van der Waals surface area contributed by atoms with E-state index in [-0.39, 0.29) is 24.7 Å². The minimum atomic E-state index is -0.211. The lowest BCUT2D eigenvalue weighted by molar-refractivity contribution is -0.126. The van der Waals surface area contributed by atoms with Crippen LogP contribution in [-0.4, -0.2) is 24.2 Å². The molecule has 6 heteroatoms. The summed E-state index contributed by atoms with van der Waals surface area (Å²) in [6.07, 6.45) is 14.5. The smallest absolute Gasteiger partial charge is 0.240 e. The molecule has 6 atom stereocenters. The third kappa shape index (κ3) is 4.15. The summed E-state index contributed by atoms with van der Waals surface area (Å²) >= 11 is 0. The number of hydrogen-bond acceptors (Lipinski definition) is 4. The zero-order valence-electron chi connectivity index (χ0n) is 15.4. The van der Waals surface area contributed by atoms with Crippen molar-refractivity contribution in [2.24, 2.45) is 45.7 Å². The van der Waals surface area contributed by atoms with Crippen molar-refractivity contribution in [2.45, 2.75) is 64.2 Å². The van der Waals surface area contributed by atoms with Gasteiger partial charge in [-0.25, -0.2) is 10.9 Å². The van der Waals surface area contributed by atoms with Crippen molar-refractivity contribution in [3.63, 3.8) is 0 Å². The first-order valence-corrected chi connectivity index (χ1v) is 10.3. The molecule has 4 bridgehead atoms. The first-order valence-electron chi connectivity index (χ1n) is 10.3. The van der Waals surface area contributed by atoms with E-state index < -0.39 is 0 Å². The summed E-state index contributed by atoms with van der Waals surface area (Å²) in [5, 5.41) is 8.20. The lowest BCUT2D eigenvalue weighted by atomic mass is 9.90. The molecular weight excluding hydrogens is 328 g/mol. The van der Waals surface area contributed by atoms with Crippen LogP contribution in [0.25, 0.3) is 0 Å². The number of nitrogens with one attached hydrogen (secondary N) is 2. The molecule has 4 aliphatic carbocycles. The average Bonchev–Trinajstić information content (AvgIpc) is 3.41. The molecule has 4 aliphatic rings.